The Morgan fingerprint density at radius 1 is 1.54 bits per heavy atom. The number of nitrogens with zero attached hydrogens (tertiary/aromatic N) is 3. The largest absolute Gasteiger partial charge is 0.465 e. The Morgan fingerprint density at radius 2 is 2.23 bits per heavy atom. The van der Waals surface area contributed by atoms with Gasteiger partial charge in [0, 0.05) is 10.9 Å². The third-order valence-electron chi connectivity index (χ3n) is 4.45. The van der Waals surface area contributed by atoms with Gasteiger partial charge in [-0.05, 0) is 51.7 Å². The molecule has 1 fully saturated rings. The standard InChI is InChI=1S/C19H27N3O3S/c1-12(2)8-16(26-17-14(10-20)7-6-13(3)21-17)9-15-11-25-19(4,5)22(15)18(23)24/h6-7,12,15-16H,8-9,11H2,1-5H3,(H,23,24)/t15-,16+/m0/s1. The molecule has 2 atom stereocenters. The first-order valence-electron chi connectivity index (χ1n) is 8.84. The number of aromatic nitrogens is 1. The van der Waals surface area contributed by atoms with Crippen LogP contribution in [-0.4, -0.2) is 44.7 Å². The zero-order chi connectivity index (χ0) is 19.5. The average Bonchev–Trinajstić information content (AvgIpc) is 2.81. The van der Waals surface area contributed by atoms with Crippen LogP contribution in [-0.2, 0) is 4.74 Å². The van der Waals surface area contributed by atoms with Gasteiger partial charge >= 0.3 is 6.09 Å². The first kappa shape index (κ1) is 20.5. The summed E-state index contributed by atoms with van der Waals surface area (Å²) in [5, 5.41) is 19.8. The summed E-state index contributed by atoms with van der Waals surface area (Å²) in [5.41, 5.74) is 0.614. The van der Waals surface area contributed by atoms with Crippen molar-refractivity contribution in [1.29, 1.82) is 5.26 Å². The van der Waals surface area contributed by atoms with E-state index in [0.717, 1.165) is 17.1 Å². The molecule has 1 amide bonds. The topological polar surface area (TPSA) is 86.5 Å². The van der Waals surface area contributed by atoms with E-state index in [2.05, 4.69) is 24.9 Å². The van der Waals surface area contributed by atoms with Crippen molar-refractivity contribution in [2.45, 2.75) is 69.5 Å². The molecule has 1 aliphatic rings. The normalized spacial score (nSPS) is 20.2. The molecule has 1 saturated heterocycles. The van der Waals surface area contributed by atoms with Crippen LogP contribution in [0.1, 0.15) is 51.8 Å². The molecule has 1 aromatic rings. The molecule has 0 unspecified atom stereocenters. The van der Waals surface area contributed by atoms with Crippen molar-refractivity contribution in [2.75, 3.05) is 6.61 Å². The van der Waals surface area contributed by atoms with E-state index >= 15 is 0 Å². The predicted molar refractivity (Wildman–Crippen MR) is 101 cm³/mol. The van der Waals surface area contributed by atoms with Crippen molar-refractivity contribution in [3.8, 4) is 6.07 Å². The highest BCUT2D eigenvalue weighted by Crippen LogP contribution is 2.36. The molecule has 2 heterocycles. The van der Waals surface area contributed by atoms with Crippen LogP contribution in [0, 0.1) is 24.2 Å². The predicted octanol–water partition coefficient (Wildman–Crippen LogP) is 4.27. The van der Waals surface area contributed by atoms with Crippen LogP contribution in [0.5, 0.6) is 0 Å². The minimum absolute atomic E-state index is 0.153. The highest BCUT2D eigenvalue weighted by Gasteiger charge is 2.44. The number of ether oxygens (including phenoxy) is 1. The Labute approximate surface area is 159 Å². The van der Waals surface area contributed by atoms with Crippen LogP contribution in [0.3, 0.4) is 0 Å². The van der Waals surface area contributed by atoms with Gasteiger partial charge in [0.25, 0.3) is 0 Å². The summed E-state index contributed by atoms with van der Waals surface area (Å²) in [6.45, 7) is 10.1. The van der Waals surface area contributed by atoms with E-state index in [1.165, 1.54) is 4.90 Å². The summed E-state index contributed by atoms with van der Waals surface area (Å²) in [5.74, 6) is 0.455. The highest BCUT2D eigenvalue weighted by molar-refractivity contribution is 7.99. The van der Waals surface area contributed by atoms with Gasteiger partial charge in [0.1, 0.15) is 16.8 Å². The average molecular weight is 378 g/mol. The van der Waals surface area contributed by atoms with Gasteiger partial charge in [-0.2, -0.15) is 5.26 Å². The number of aryl methyl sites for hydroxylation is 1. The molecule has 142 valence electrons. The molecule has 0 saturated carbocycles. The van der Waals surface area contributed by atoms with Gasteiger partial charge in [-0.15, -0.1) is 11.8 Å². The molecule has 0 bridgehead atoms. The fraction of sp³-hybridized carbons (Fsp3) is 0.632. The molecule has 0 spiro atoms. The lowest BCUT2D eigenvalue weighted by atomic mass is 10.0. The monoisotopic (exact) mass is 377 g/mol. The van der Waals surface area contributed by atoms with E-state index < -0.39 is 11.8 Å². The molecule has 26 heavy (non-hydrogen) atoms. The van der Waals surface area contributed by atoms with E-state index in [1.807, 2.05) is 13.0 Å². The number of carbonyl (C=O) groups is 1. The zero-order valence-corrected chi connectivity index (χ0v) is 16.8. The lowest BCUT2D eigenvalue weighted by Crippen LogP contribution is -2.47. The van der Waals surface area contributed by atoms with Gasteiger partial charge in [-0.3, -0.25) is 4.90 Å². The van der Waals surface area contributed by atoms with Crippen LogP contribution in [0.4, 0.5) is 4.79 Å². The first-order chi connectivity index (χ1) is 12.1. The van der Waals surface area contributed by atoms with E-state index in [1.54, 1.807) is 31.7 Å². The van der Waals surface area contributed by atoms with Crippen LogP contribution in [0.25, 0.3) is 0 Å². The van der Waals surface area contributed by atoms with E-state index in [4.69, 9.17) is 4.74 Å². The maximum absolute atomic E-state index is 11.7. The van der Waals surface area contributed by atoms with E-state index in [0.29, 0.717) is 24.5 Å². The first-order valence-corrected chi connectivity index (χ1v) is 9.72. The number of rotatable bonds is 6. The smallest absolute Gasteiger partial charge is 0.409 e. The van der Waals surface area contributed by atoms with Crippen LogP contribution in [0.15, 0.2) is 17.2 Å². The van der Waals surface area contributed by atoms with Crippen molar-refractivity contribution in [2.24, 2.45) is 5.92 Å². The summed E-state index contributed by atoms with van der Waals surface area (Å²) < 4.78 is 5.71. The molecule has 1 aliphatic heterocycles. The molecule has 6 nitrogen and oxygen atoms in total. The second kappa shape index (κ2) is 8.28. The summed E-state index contributed by atoms with van der Waals surface area (Å²) in [6.07, 6.45) is 0.617. The third-order valence-corrected chi connectivity index (χ3v) is 5.70. The second-order valence-corrected chi connectivity index (χ2v) is 8.88. The number of hydrogen-bond donors (Lipinski definition) is 1. The van der Waals surface area contributed by atoms with Crippen LogP contribution < -0.4 is 0 Å². The molecule has 0 aromatic carbocycles. The highest BCUT2D eigenvalue weighted by atomic mass is 32.2. The third kappa shape index (κ3) is 4.89. The lowest BCUT2D eigenvalue weighted by Gasteiger charge is -2.32. The van der Waals surface area contributed by atoms with Gasteiger partial charge in [0.15, 0.2) is 0 Å². The Kier molecular flexibility index (Phi) is 6.53. The fourth-order valence-electron chi connectivity index (χ4n) is 3.33. The Morgan fingerprint density at radius 3 is 2.81 bits per heavy atom. The zero-order valence-electron chi connectivity index (χ0n) is 16.0. The molecule has 1 N–H and O–H groups in total. The molecule has 1 aromatic heterocycles. The van der Waals surface area contributed by atoms with Crippen LogP contribution in [0.2, 0.25) is 0 Å². The molecular weight excluding hydrogens is 350 g/mol. The van der Waals surface area contributed by atoms with Crippen LogP contribution >= 0.6 is 11.8 Å². The SMILES string of the molecule is Cc1ccc(C#N)c(S[C@H](CC(C)C)C[C@H]2COC(C)(C)N2C(=O)O)n1. The van der Waals surface area contributed by atoms with Crippen molar-refractivity contribution in [3.05, 3.63) is 23.4 Å². The number of pyridine rings is 1. The number of thioether (sulfide) groups is 1. The molecule has 7 heteroatoms. The number of amides is 1. The minimum atomic E-state index is -0.961. The summed E-state index contributed by atoms with van der Waals surface area (Å²) >= 11 is 1.57. The maximum atomic E-state index is 11.7. The summed E-state index contributed by atoms with van der Waals surface area (Å²) in [4.78, 5) is 17.7. The van der Waals surface area contributed by atoms with Gasteiger partial charge < -0.3 is 9.84 Å². The Balaban J connectivity index is 2.22. The van der Waals surface area contributed by atoms with Crippen molar-refractivity contribution in [3.63, 3.8) is 0 Å². The van der Waals surface area contributed by atoms with Gasteiger partial charge in [-0.1, -0.05) is 13.8 Å². The molecule has 2 rings (SSSR count). The van der Waals surface area contributed by atoms with Gasteiger partial charge in [0.05, 0.1) is 18.2 Å². The van der Waals surface area contributed by atoms with Crippen molar-refractivity contribution in [1.82, 2.24) is 9.88 Å². The molecule has 0 aliphatic carbocycles. The fourth-order valence-corrected chi connectivity index (χ4v) is 4.88. The minimum Gasteiger partial charge on any atom is -0.465 e. The van der Waals surface area contributed by atoms with Gasteiger partial charge in [0.2, 0.25) is 0 Å². The summed E-state index contributed by atoms with van der Waals surface area (Å²) in [7, 11) is 0. The second-order valence-electron chi connectivity index (χ2n) is 7.59. The van der Waals surface area contributed by atoms with Gasteiger partial charge in [-0.25, -0.2) is 9.78 Å². The van der Waals surface area contributed by atoms with E-state index in [-0.39, 0.29) is 11.3 Å². The van der Waals surface area contributed by atoms with Crippen molar-refractivity contribution < 1.29 is 14.6 Å². The number of carboxylic acid groups (broad SMARTS) is 1. The van der Waals surface area contributed by atoms with E-state index in [9.17, 15) is 15.2 Å². The Hall–Kier alpha value is -1.78. The summed E-state index contributed by atoms with van der Waals surface area (Å²) in [6, 6.07) is 5.63. The number of hydrogen-bond acceptors (Lipinski definition) is 5. The quantitative estimate of drug-likeness (QED) is 0.745. The lowest BCUT2D eigenvalue weighted by molar-refractivity contribution is -0.0421. The number of nitriles is 1. The van der Waals surface area contributed by atoms with Crippen molar-refractivity contribution >= 4 is 17.9 Å². The maximum Gasteiger partial charge on any atom is 0.409 e. The molecule has 0 radical (unpaired) electrons. The Bertz CT molecular complexity index is 700. The molecular formula is C19H27N3O3S.